The fourth-order valence-electron chi connectivity index (χ4n) is 2.16. The molecular weight excluding hydrogens is 256 g/mol. The van der Waals surface area contributed by atoms with E-state index in [0.29, 0.717) is 25.3 Å². The molecule has 0 aliphatic carbocycles. The highest BCUT2D eigenvalue weighted by molar-refractivity contribution is 5.98. The molecule has 110 valence electrons. The third-order valence-electron chi connectivity index (χ3n) is 3.23. The van der Waals surface area contributed by atoms with Crippen molar-refractivity contribution in [3.8, 4) is 0 Å². The summed E-state index contributed by atoms with van der Waals surface area (Å²) in [6, 6.07) is 3.62. The fourth-order valence-corrected chi connectivity index (χ4v) is 2.16. The number of morpholine rings is 1. The molecule has 1 fully saturated rings. The van der Waals surface area contributed by atoms with Crippen molar-refractivity contribution in [2.45, 2.75) is 6.42 Å². The standard InChI is InChI=1S/C14H22N4O2/c1-15-5-3-7-17-14(19)12-4-2-6-16-13(12)18-8-10-20-11-9-18/h2,4,6,15H,3,5,7-11H2,1H3,(H,17,19). The van der Waals surface area contributed by atoms with E-state index in [-0.39, 0.29) is 5.91 Å². The van der Waals surface area contributed by atoms with Crippen molar-refractivity contribution in [1.82, 2.24) is 15.6 Å². The molecule has 2 heterocycles. The van der Waals surface area contributed by atoms with Gasteiger partial charge in [-0.3, -0.25) is 4.79 Å². The number of ether oxygens (including phenoxy) is 1. The first-order valence-electron chi connectivity index (χ1n) is 7.03. The molecule has 0 spiro atoms. The summed E-state index contributed by atoms with van der Waals surface area (Å²) in [5.41, 5.74) is 0.638. The SMILES string of the molecule is CNCCCNC(=O)c1cccnc1N1CCOCC1. The minimum Gasteiger partial charge on any atom is -0.378 e. The van der Waals surface area contributed by atoms with Crippen LogP contribution in [0.2, 0.25) is 0 Å². The van der Waals surface area contributed by atoms with Crippen molar-refractivity contribution in [3.63, 3.8) is 0 Å². The predicted molar refractivity (Wildman–Crippen MR) is 78.1 cm³/mol. The molecule has 1 aliphatic rings. The van der Waals surface area contributed by atoms with Gasteiger partial charge >= 0.3 is 0 Å². The molecule has 1 aliphatic heterocycles. The number of amides is 1. The third kappa shape index (κ3) is 3.91. The molecule has 0 saturated carbocycles. The molecule has 6 nitrogen and oxygen atoms in total. The minimum absolute atomic E-state index is 0.0595. The van der Waals surface area contributed by atoms with Gasteiger partial charge < -0.3 is 20.3 Å². The van der Waals surface area contributed by atoms with E-state index < -0.39 is 0 Å². The summed E-state index contributed by atoms with van der Waals surface area (Å²) < 4.78 is 5.34. The lowest BCUT2D eigenvalue weighted by molar-refractivity contribution is 0.0951. The molecule has 1 aromatic rings. The van der Waals surface area contributed by atoms with Gasteiger partial charge in [0.05, 0.1) is 18.8 Å². The molecule has 1 saturated heterocycles. The van der Waals surface area contributed by atoms with E-state index in [1.54, 1.807) is 12.3 Å². The van der Waals surface area contributed by atoms with Gasteiger partial charge in [-0.2, -0.15) is 0 Å². The van der Waals surface area contributed by atoms with Gasteiger partial charge in [-0.1, -0.05) is 0 Å². The average Bonchev–Trinajstić information content (AvgIpc) is 2.52. The zero-order chi connectivity index (χ0) is 14.2. The van der Waals surface area contributed by atoms with E-state index >= 15 is 0 Å². The fraction of sp³-hybridized carbons (Fsp3) is 0.571. The highest BCUT2D eigenvalue weighted by Crippen LogP contribution is 2.18. The first-order chi connectivity index (χ1) is 9.83. The Kier molecular flexibility index (Phi) is 5.76. The van der Waals surface area contributed by atoms with E-state index in [2.05, 4.69) is 20.5 Å². The van der Waals surface area contributed by atoms with Gasteiger partial charge in [0.2, 0.25) is 0 Å². The summed E-state index contributed by atoms with van der Waals surface area (Å²) in [6.45, 7) is 4.47. The monoisotopic (exact) mass is 278 g/mol. The van der Waals surface area contributed by atoms with Crippen LogP contribution < -0.4 is 15.5 Å². The van der Waals surface area contributed by atoms with Gasteiger partial charge in [0, 0.05) is 25.8 Å². The first kappa shape index (κ1) is 14.7. The number of hydrogen-bond acceptors (Lipinski definition) is 5. The lowest BCUT2D eigenvalue weighted by Crippen LogP contribution is -2.38. The molecule has 2 rings (SSSR count). The van der Waals surface area contributed by atoms with Gasteiger partial charge in [-0.15, -0.1) is 0 Å². The maximum atomic E-state index is 12.2. The number of rotatable bonds is 6. The van der Waals surface area contributed by atoms with Crippen molar-refractivity contribution in [2.75, 3.05) is 51.3 Å². The topological polar surface area (TPSA) is 66.5 Å². The van der Waals surface area contributed by atoms with Crippen LogP contribution in [0.1, 0.15) is 16.8 Å². The maximum Gasteiger partial charge on any atom is 0.255 e. The number of carbonyl (C=O) groups excluding carboxylic acids is 1. The lowest BCUT2D eigenvalue weighted by atomic mass is 10.2. The number of anilines is 1. The molecule has 0 aromatic carbocycles. The summed E-state index contributed by atoms with van der Waals surface area (Å²) in [7, 11) is 1.90. The molecule has 1 amide bonds. The summed E-state index contributed by atoms with van der Waals surface area (Å²) in [5, 5.41) is 5.99. The van der Waals surface area contributed by atoms with Gasteiger partial charge in [0.15, 0.2) is 0 Å². The van der Waals surface area contributed by atoms with Crippen LogP contribution in [0.4, 0.5) is 5.82 Å². The maximum absolute atomic E-state index is 12.2. The van der Waals surface area contributed by atoms with Gasteiger partial charge in [-0.05, 0) is 32.1 Å². The second-order valence-corrected chi connectivity index (χ2v) is 4.69. The van der Waals surface area contributed by atoms with E-state index in [0.717, 1.165) is 31.9 Å². The molecule has 0 radical (unpaired) electrons. The number of nitrogens with one attached hydrogen (secondary N) is 2. The largest absolute Gasteiger partial charge is 0.378 e. The van der Waals surface area contributed by atoms with Crippen molar-refractivity contribution < 1.29 is 9.53 Å². The quantitative estimate of drug-likeness (QED) is 0.731. The number of nitrogens with zero attached hydrogens (tertiary/aromatic N) is 2. The van der Waals surface area contributed by atoms with Crippen LogP contribution in [0.3, 0.4) is 0 Å². The Labute approximate surface area is 119 Å². The van der Waals surface area contributed by atoms with E-state index in [1.165, 1.54) is 0 Å². The van der Waals surface area contributed by atoms with Crippen molar-refractivity contribution in [2.24, 2.45) is 0 Å². The number of hydrogen-bond donors (Lipinski definition) is 2. The number of pyridine rings is 1. The molecule has 2 N–H and O–H groups in total. The Balaban J connectivity index is 2.01. The van der Waals surface area contributed by atoms with Crippen molar-refractivity contribution in [1.29, 1.82) is 0 Å². The van der Waals surface area contributed by atoms with Crippen LogP contribution >= 0.6 is 0 Å². The van der Waals surface area contributed by atoms with E-state index in [9.17, 15) is 4.79 Å². The molecule has 20 heavy (non-hydrogen) atoms. The lowest BCUT2D eigenvalue weighted by Gasteiger charge is -2.29. The Morgan fingerprint density at radius 2 is 2.20 bits per heavy atom. The summed E-state index contributed by atoms with van der Waals surface area (Å²) in [5.74, 6) is 0.692. The number of carbonyl (C=O) groups is 1. The normalized spacial score (nSPS) is 15.2. The summed E-state index contributed by atoms with van der Waals surface area (Å²) >= 11 is 0. The Bertz CT molecular complexity index is 433. The van der Waals surface area contributed by atoms with E-state index in [4.69, 9.17) is 4.74 Å². The first-order valence-corrected chi connectivity index (χ1v) is 7.03. The third-order valence-corrected chi connectivity index (χ3v) is 3.23. The Morgan fingerprint density at radius 3 is 2.95 bits per heavy atom. The van der Waals surface area contributed by atoms with Crippen LogP contribution in [0.25, 0.3) is 0 Å². The molecule has 0 atom stereocenters. The summed E-state index contributed by atoms with van der Waals surface area (Å²) in [4.78, 5) is 18.7. The van der Waals surface area contributed by atoms with Gasteiger partial charge in [-0.25, -0.2) is 4.98 Å². The van der Waals surface area contributed by atoms with Gasteiger partial charge in [0.1, 0.15) is 5.82 Å². The van der Waals surface area contributed by atoms with E-state index in [1.807, 2.05) is 13.1 Å². The van der Waals surface area contributed by atoms with Crippen molar-refractivity contribution >= 4 is 11.7 Å². The molecule has 1 aromatic heterocycles. The van der Waals surface area contributed by atoms with Crippen LogP contribution in [0.15, 0.2) is 18.3 Å². The zero-order valence-corrected chi connectivity index (χ0v) is 11.9. The van der Waals surface area contributed by atoms with Crippen LogP contribution in [-0.2, 0) is 4.74 Å². The highest BCUT2D eigenvalue weighted by Gasteiger charge is 2.19. The Morgan fingerprint density at radius 1 is 1.40 bits per heavy atom. The second kappa shape index (κ2) is 7.81. The van der Waals surface area contributed by atoms with Gasteiger partial charge in [0.25, 0.3) is 5.91 Å². The molecular formula is C14H22N4O2. The second-order valence-electron chi connectivity index (χ2n) is 4.69. The number of aromatic nitrogens is 1. The Hall–Kier alpha value is -1.66. The van der Waals surface area contributed by atoms with Crippen LogP contribution in [0.5, 0.6) is 0 Å². The molecule has 0 unspecified atom stereocenters. The highest BCUT2D eigenvalue weighted by atomic mass is 16.5. The molecule has 6 heteroatoms. The predicted octanol–water partition coefficient (Wildman–Crippen LogP) is 0.258. The van der Waals surface area contributed by atoms with Crippen LogP contribution in [0, 0.1) is 0 Å². The summed E-state index contributed by atoms with van der Waals surface area (Å²) in [6.07, 6.45) is 2.64. The zero-order valence-electron chi connectivity index (χ0n) is 11.9. The van der Waals surface area contributed by atoms with Crippen LogP contribution in [-0.4, -0.2) is 57.3 Å². The smallest absolute Gasteiger partial charge is 0.255 e. The minimum atomic E-state index is -0.0595. The van der Waals surface area contributed by atoms with Crippen molar-refractivity contribution in [3.05, 3.63) is 23.9 Å². The molecule has 0 bridgehead atoms. The average molecular weight is 278 g/mol.